The zero-order valence-corrected chi connectivity index (χ0v) is 11.7. The summed E-state index contributed by atoms with van der Waals surface area (Å²) in [6.07, 6.45) is -0.500. The first kappa shape index (κ1) is 15.2. The molecule has 0 aliphatic carbocycles. The number of hydrogen-bond acceptors (Lipinski definition) is 3. The van der Waals surface area contributed by atoms with Crippen molar-refractivity contribution in [2.45, 2.75) is 32.2 Å². The highest BCUT2D eigenvalue weighted by Gasteiger charge is 2.15. The molecule has 112 valence electrons. The third-order valence-corrected chi connectivity index (χ3v) is 3.41. The van der Waals surface area contributed by atoms with Gasteiger partial charge in [0.25, 0.3) is 6.43 Å². The highest BCUT2D eigenvalue weighted by Crippen LogP contribution is 2.28. The minimum Gasteiger partial charge on any atom is -0.493 e. The average molecular weight is 285 g/mol. The van der Waals surface area contributed by atoms with E-state index in [1.807, 2.05) is 6.07 Å². The summed E-state index contributed by atoms with van der Waals surface area (Å²) in [5.74, 6) is 0.976. The smallest absolute Gasteiger partial charge is 0.261 e. The van der Waals surface area contributed by atoms with Crippen molar-refractivity contribution in [1.29, 1.82) is 0 Å². The van der Waals surface area contributed by atoms with Crippen molar-refractivity contribution in [2.24, 2.45) is 0 Å². The van der Waals surface area contributed by atoms with E-state index in [-0.39, 0.29) is 6.04 Å². The van der Waals surface area contributed by atoms with Gasteiger partial charge in [0.1, 0.15) is 12.4 Å². The van der Waals surface area contributed by atoms with Crippen LogP contribution in [-0.4, -0.2) is 32.8 Å². The van der Waals surface area contributed by atoms with Gasteiger partial charge in [0.05, 0.1) is 13.2 Å². The molecule has 1 aromatic carbocycles. The fourth-order valence-electron chi connectivity index (χ4n) is 2.40. The molecule has 3 nitrogen and oxygen atoms in total. The van der Waals surface area contributed by atoms with Gasteiger partial charge in [-0.15, -0.1) is 0 Å². The second-order valence-corrected chi connectivity index (χ2v) is 4.85. The first-order valence-electron chi connectivity index (χ1n) is 7.05. The van der Waals surface area contributed by atoms with Crippen LogP contribution in [-0.2, 0) is 11.2 Å². The Morgan fingerprint density at radius 3 is 3.00 bits per heavy atom. The van der Waals surface area contributed by atoms with Crippen LogP contribution in [0.25, 0.3) is 0 Å². The Balaban J connectivity index is 1.82. The Labute approximate surface area is 118 Å². The lowest BCUT2D eigenvalue weighted by atomic mass is 10.0. The van der Waals surface area contributed by atoms with Gasteiger partial charge in [-0.3, -0.25) is 0 Å². The zero-order chi connectivity index (χ0) is 14.4. The molecule has 0 radical (unpaired) electrons. The molecule has 1 unspecified atom stereocenters. The van der Waals surface area contributed by atoms with Crippen LogP contribution >= 0.6 is 0 Å². The number of halogens is 2. The van der Waals surface area contributed by atoms with Crippen molar-refractivity contribution in [3.8, 4) is 5.75 Å². The monoisotopic (exact) mass is 285 g/mol. The normalized spacial score (nSPS) is 15.2. The molecule has 0 spiro atoms. The minimum atomic E-state index is -2.39. The molecule has 0 bridgehead atoms. The molecular weight excluding hydrogens is 264 g/mol. The SMILES string of the molecule is CCC(NCCOCC(F)F)c1ccc2c(c1)CCO2. The Morgan fingerprint density at radius 1 is 1.40 bits per heavy atom. The quantitative estimate of drug-likeness (QED) is 0.745. The number of nitrogens with one attached hydrogen (secondary N) is 1. The lowest BCUT2D eigenvalue weighted by Crippen LogP contribution is -2.25. The van der Waals surface area contributed by atoms with Crippen LogP contribution in [0, 0.1) is 0 Å². The van der Waals surface area contributed by atoms with Gasteiger partial charge in [-0.1, -0.05) is 19.1 Å². The zero-order valence-electron chi connectivity index (χ0n) is 11.7. The van der Waals surface area contributed by atoms with Gasteiger partial charge in [-0.25, -0.2) is 8.78 Å². The number of rotatable bonds is 8. The van der Waals surface area contributed by atoms with Gasteiger partial charge in [-0.2, -0.15) is 0 Å². The molecule has 0 aromatic heterocycles. The van der Waals surface area contributed by atoms with Gasteiger partial charge in [0.15, 0.2) is 0 Å². The standard InChI is InChI=1S/C15H21F2NO2/c1-2-13(18-6-8-19-10-15(16)17)11-3-4-14-12(9-11)5-7-20-14/h3-4,9,13,15,18H,2,5-8,10H2,1H3. The van der Waals surface area contributed by atoms with Crippen LogP contribution in [0.5, 0.6) is 5.75 Å². The van der Waals surface area contributed by atoms with Crippen LogP contribution in [0.2, 0.25) is 0 Å². The van der Waals surface area contributed by atoms with E-state index in [1.54, 1.807) is 0 Å². The van der Waals surface area contributed by atoms with Gasteiger partial charge in [-0.05, 0) is 23.6 Å². The Hall–Kier alpha value is -1.20. The predicted molar refractivity (Wildman–Crippen MR) is 73.5 cm³/mol. The molecule has 2 rings (SSSR count). The second kappa shape index (κ2) is 7.55. The van der Waals surface area contributed by atoms with Gasteiger partial charge < -0.3 is 14.8 Å². The lowest BCUT2D eigenvalue weighted by molar-refractivity contribution is 0.0181. The van der Waals surface area contributed by atoms with Gasteiger partial charge in [0, 0.05) is 19.0 Å². The molecule has 0 saturated carbocycles. The first-order chi connectivity index (χ1) is 9.70. The van der Waals surface area contributed by atoms with E-state index in [1.165, 1.54) is 11.1 Å². The third-order valence-electron chi connectivity index (χ3n) is 3.41. The third kappa shape index (κ3) is 4.15. The van der Waals surface area contributed by atoms with E-state index in [0.29, 0.717) is 13.2 Å². The molecule has 1 aliphatic rings. The molecule has 1 aliphatic heterocycles. The molecule has 1 atom stereocenters. The number of fused-ring (bicyclic) bond motifs is 1. The molecule has 20 heavy (non-hydrogen) atoms. The Kier molecular flexibility index (Phi) is 5.73. The maximum absolute atomic E-state index is 11.9. The molecule has 0 saturated heterocycles. The van der Waals surface area contributed by atoms with Crippen LogP contribution < -0.4 is 10.1 Å². The summed E-state index contributed by atoms with van der Waals surface area (Å²) in [5, 5.41) is 3.34. The van der Waals surface area contributed by atoms with Crippen LogP contribution in [0.1, 0.15) is 30.5 Å². The van der Waals surface area contributed by atoms with E-state index >= 15 is 0 Å². The highest BCUT2D eigenvalue weighted by molar-refractivity contribution is 5.40. The lowest BCUT2D eigenvalue weighted by Gasteiger charge is -2.18. The number of hydrogen-bond donors (Lipinski definition) is 1. The maximum atomic E-state index is 11.9. The summed E-state index contributed by atoms with van der Waals surface area (Å²) >= 11 is 0. The Morgan fingerprint density at radius 2 is 2.25 bits per heavy atom. The molecule has 0 amide bonds. The van der Waals surface area contributed by atoms with Crippen LogP contribution in [0.3, 0.4) is 0 Å². The average Bonchev–Trinajstić information content (AvgIpc) is 2.89. The number of ether oxygens (including phenoxy) is 2. The molecule has 1 heterocycles. The number of benzene rings is 1. The molecule has 1 aromatic rings. The van der Waals surface area contributed by atoms with Crippen molar-refractivity contribution in [2.75, 3.05) is 26.4 Å². The summed E-state index contributed by atoms with van der Waals surface area (Å²) in [6.45, 7) is 3.23. The summed E-state index contributed by atoms with van der Waals surface area (Å²) in [5.41, 5.74) is 2.46. The minimum absolute atomic E-state index is 0.219. The van der Waals surface area contributed by atoms with E-state index < -0.39 is 13.0 Å². The van der Waals surface area contributed by atoms with Crippen molar-refractivity contribution < 1.29 is 18.3 Å². The molecule has 5 heteroatoms. The molecular formula is C15H21F2NO2. The molecule has 1 N–H and O–H groups in total. The highest BCUT2D eigenvalue weighted by atomic mass is 19.3. The summed E-state index contributed by atoms with van der Waals surface area (Å²) in [4.78, 5) is 0. The first-order valence-corrected chi connectivity index (χ1v) is 7.05. The van der Waals surface area contributed by atoms with Gasteiger partial charge >= 0.3 is 0 Å². The maximum Gasteiger partial charge on any atom is 0.261 e. The summed E-state index contributed by atoms with van der Waals surface area (Å²) in [7, 11) is 0. The van der Waals surface area contributed by atoms with E-state index in [4.69, 9.17) is 9.47 Å². The van der Waals surface area contributed by atoms with Crippen LogP contribution in [0.4, 0.5) is 8.78 Å². The molecule has 0 fully saturated rings. The van der Waals surface area contributed by atoms with E-state index in [0.717, 1.165) is 25.2 Å². The van der Waals surface area contributed by atoms with Crippen molar-refractivity contribution >= 4 is 0 Å². The largest absolute Gasteiger partial charge is 0.493 e. The van der Waals surface area contributed by atoms with E-state index in [9.17, 15) is 8.78 Å². The topological polar surface area (TPSA) is 30.5 Å². The fraction of sp³-hybridized carbons (Fsp3) is 0.600. The summed E-state index contributed by atoms with van der Waals surface area (Å²) in [6, 6.07) is 6.46. The number of alkyl halides is 2. The van der Waals surface area contributed by atoms with Crippen LogP contribution in [0.15, 0.2) is 18.2 Å². The van der Waals surface area contributed by atoms with Crippen molar-refractivity contribution in [3.05, 3.63) is 29.3 Å². The Bertz CT molecular complexity index is 426. The predicted octanol–water partition coefficient (Wildman–Crippen LogP) is 2.94. The summed E-state index contributed by atoms with van der Waals surface area (Å²) < 4.78 is 34.2. The fourth-order valence-corrected chi connectivity index (χ4v) is 2.40. The second-order valence-electron chi connectivity index (χ2n) is 4.85. The van der Waals surface area contributed by atoms with Crippen molar-refractivity contribution in [3.63, 3.8) is 0 Å². The van der Waals surface area contributed by atoms with Gasteiger partial charge in [0.2, 0.25) is 0 Å². The van der Waals surface area contributed by atoms with Crippen molar-refractivity contribution in [1.82, 2.24) is 5.32 Å². The van der Waals surface area contributed by atoms with E-state index in [2.05, 4.69) is 24.4 Å².